The molecule has 0 saturated carbocycles. The predicted molar refractivity (Wildman–Crippen MR) is 58.9 cm³/mol. The van der Waals surface area contributed by atoms with E-state index in [0.29, 0.717) is 18.3 Å². The minimum atomic E-state index is 0.0730. The number of alkyl halides is 1. The third-order valence-electron chi connectivity index (χ3n) is 2.15. The van der Waals surface area contributed by atoms with E-state index in [1.807, 2.05) is 19.3 Å². The van der Waals surface area contributed by atoms with E-state index >= 15 is 0 Å². The molecule has 1 aromatic rings. The van der Waals surface area contributed by atoms with E-state index in [0.717, 1.165) is 13.0 Å². The zero-order valence-electron chi connectivity index (χ0n) is 8.74. The lowest BCUT2D eigenvalue weighted by molar-refractivity contribution is 0.503. The van der Waals surface area contributed by atoms with Gasteiger partial charge in [-0.2, -0.15) is 0 Å². The molecule has 4 heteroatoms. The van der Waals surface area contributed by atoms with Crippen LogP contribution in [0.2, 0.25) is 0 Å². The summed E-state index contributed by atoms with van der Waals surface area (Å²) in [6.45, 7) is 5.60. The zero-order chi connectivity index (χ0) is 10.6. The monoisotopic (exact) mass is 216 g/mol. The summed E-state index contributed by atoms with van der Waals surface area (Å²) >= 11 is 5.70. The Morgan fingerprint density at radius 1 is 1.43 bits per heavy atom. The first-order valence-electron chi connectivity index (χ1n) is 5.00. The molecular formula is C10H17ClN2O. The molecular weight excluding hydrogens is 200 g/mol. The van der Waals surface area contributed by atoms with Crippen molar-refractivity contribution < 1.29 is 0 Å². The van der Waals surface area contributed by atoms with Gasteiger partial charge in [0.2, 0.25) is 0 Å². The molecule has 0 radical (unpaired) electrons. The SMILES string of the molecule is CCCn1ccn(CC(C)CCl)c1=O. The van der Waals surface area contributed by atoms with Crippen LogP contribution >= 0.6 is 11.6 Å². The summed E-state index contributed by atoms with van der Waals surface area (Å²) in [5, 5.41) is 0. The molecule has 3 nitrogen and oxygen atoms in total. The Morgan fingerprint density at radius 2 is 2.07 bits per heavy atom. The fourth-order valence-electron chi connectivity index (χ4n) is 1.39. The second-order valence-corrected chi connectivity index (χ2v) is 3.99. The summed E-state index contributed by atoms with van der Waals surface area (Å²) in [6.07, 6.45) is 4.66. The molecule has 0 saturated heterocycles. The number of imidazole rings is 1. The van der Waals surface area contributed by atoms with Crippen LogP contribution in [0.5, 0.6) is 0 Å². The van der Waals surface area contributed by atoms with Crippen LogP contribution in [0, 0.1) is 5.92 Å². The Labute approximate surface area is 89.3 Å². The third-order valence-corrected chi connectivity index (χ3v) is 2.68. The van der Waals surface area contributed by atoms with E-state index in [1.165, 1.54) is 0 Å². The van der Waals surface area contributed by atoms with Crippen molar-refractivity contribution in [3.05, 3.63) is 22.9 Å². The average Bonchev–Trinajstić information content (AvgIpc) is 2.50. The van der Waals surface area contributed by atoms with Crippen LogP contribution in [0.4, 0.5) is 0 Å². The molecule has 0 aliphatic heterocycles. The molecule has 0 aliphatic carbocycles. The molecule has 0 aliphatic rings. The highest BCUT2D eigenvalue weighted by atomic mass is 35.5. The first-order chi connectivity index (χ1) is 6.69. The summed E-state index contributed by atoms with van der Waals surface area (Å²) < 4.78 is 3.46. The third kappa shape index (κ3) is 2.64. The summed E-state index contributed by atoms with van der Waals surface area (Å²) in [6, 6.07) is 0. The number of hydrogen-bond donors (Lipinski definition) is 0. The molecule has 1 aromatic heterocycles. The van der Waals surface area contributed by atoms with Gasteiger partial charge in [-0.1, -0.05) is 13.8 Å². The maximum atomic E-state index is 11.7. The van der Waals surface area contributed by atoms with Crippen LogP contribution < -0.4 is 5.69 Å². The number of aromatic nitrogens is 2. The smallest absolute Gasteiger partial charge is 0.299 e. The molecule has 1 atom stereocenters. The minimum Gasteiger partial charge on any atom is -0.299 e. The molecule has 0 spiro atoms. The second-order valence-electron chi connectivity index (χ2n) is 3.69. The van der Waals surface area contributed by atoms with E-state index in [-0.39, 0.29) is 5.69 Å². The van der Waals surface area contributed by atoms with E-state index in [9.17, 15) is 4.79 Å². The van der Waals surface area contributed by atoms with E-state index in [2.05, 4.69) is 6.92 Å². The summed E-state index contributed by atoms with van der Waals surface area (Å²) in [4.78, 5) is 11.7. The van der Waals surface area contributed by atoms with E-state index < -0.39 is 0 Å². The highest BCUT2D eigenvalue weighted by molar-refractivity contribution is 6.18. The summed E-state index contributed by atoms with van der Waals surface area (Å²) in [5.74, 6) is 0.928. The second kappa shape index (κ2) is 5.25. The predicted octanol–water partition coefficient (Wildman–Crippen LogP) is 1.93. The quantitative estimate of drug-likeness (QED) is 0.691. The van der Waals surface area contributed by atoms with Gasteiger partial charge in [-0.15, -0.1) is 11.6 Å². The molecule has 0 bridgehead atoms. The minimum absolute atomic E-state index is 0.0730. The molecule has 80 valence electrons. The molecule has 0 aromatic carbocycles. The molecule has 1 unspecified atom stereocenters. The lowest BCUT2D eigenvalue weighted by Gasteiger charge is -2.06. The van der Waals surface area contributed by atoms with Crippen LogP contribution in [0.3, 0.4) is 0 Å². The van der Waals surface area contributed by atoms with Crippen molar-refractivity contribution in [3.63, 3.8) is 0 Å². The Balaban J connectivity index is 2.74. The van der Waals surface area contributed by atoms with E-state index in [4.69, 9.17) is 11.6 Å². The van der Waals surface area contributed by atoms with Crippen molar-refractivity contribution in [3.8, 4) is 0 Å². The van der Waals surface area contributed by atoms with Crippen molar-refractivity contribution in [2.75, 3.05) is 5.88 Å². The van der Waals surface area contributed by atoms with Crippen LogP contribution in [0.1, 0.15) is 20.3 Å². The molecule has 1 heterocycles. The fraction of sp³-hybridized carbons (Fsp3) is 0.700. The Kier molecular flexibility index (Phi) is 4.26. The molecule has 14 heavy (non-hydrogen) atoms. The summed E-state index contributed by atoms with van der Waals surface area (Å²) in [7, 11) is 0. The van der Waals surface area contributed by atoms with Gasteiger partial charge in [0.15, 0.2) is 0 Å². The van der Waals surface area contributed by atoms with Crippen LogP contribution in [0.15, 0.2) is 17.2 Å². The van der Waals surface area contributed by atoms with Gasteiger partial charge < -0.3 is 0 Å². The topological polar surface area (TPSA) is 26.9 Å². The molecule has 0 fully saturated rings. The number of rotatable bonds is 5. The van der Waals surface area contributed by atoms with Gasteiger partial charge in [0, 0.05) is 31.4 Å². The van der Waals surface area contributed by atoms with Gasteiger partial charge in [-0.25, -0.2) is 4.79 Å². The Hall–Kier alpha value is -0.700. The first kappa shape index (κ1) is 11.4. The van der Waals surface area contributed by atoms with E-state index in [1.54, 1.807) is 9.13 Å². The Bertz CT molecular complexity index is 329. The highest BCUT2D eigenvalue weighted by Crippen LogP contribution is 2.01. The molecule has 0 amide bonds. The van der Waals surface area contributed by atoms with Crippen molar-refractivity contribution in [1.29, 1.82) is 0 Å². The van der Waals surface area contributed by atoms with Crippen molar-refractivity contribution in [2.24, 2.45) is 5.92 Å². The fourth-order valence-corrected chi connectivity index (χ4v) is 1.49. The van der Waals surface area contributed by atoms with Crippen molar-refractivity contribution >= 4 is 11.6 Å². The lowest BCUT2D eigenvalue weighted by Crippen LogP contribution is -2.26. The van der Waals surface area contributed by atoms with Crippen LogP contribution in [-0.2, 0) is 13.1 Å². The number of halogens is 1. The number of nitrogens with zero attached hydrogens (tertiary/aromatic N) is 2. The zero-order valence-corrected chi connectivity index (χ0v) is 9.50. The Morgan fingerprint density at radius 3 is 2.64 bits per heavy atom. The first-order valence-corrected chi connectivity index (χ1v) is 5.54. The standard InChI is InChI=1S/C10H17ClN2O/c1-3-4-12-5-6-13(10(12)14)8-9(2)7-11/h5-6,9H,3-4,7-8H2,1-2H3. The van der Waals surface area contributed by atoms with Gasteiger partial charge in [0.05, 0.1) is 0 Å². The van der Waals surface area contributed by atoms with Crippen LogP contribution in [0.25, 0.3) is 0 Å². The summed E-state index contributed by atoms with van der Waals surface area (Å²) in [5.41, 5.74) is 0.0730. The van der Waals surface area contributed by atoms with Gasteiger partial charge in [0.1, 0.15) is 0 Å². The normalized spacial score (nSPS) is 13.1. The molecule has 0 N–H and O–H groups in total. The number of aryl methyl sites for hydroxylation is 1. The van der Waals surface area contributed by atoms with Gasteiger partial charge in [-0.05, 0) is 12.3 Å². The molecule has 1 rings (SSSR count). The van der Waals surface area contributed by atoms with Crippen LogP contribution in [-0.4, -0.2) is 15.0 Å². The number of hydrogen-bond acceptors (Lipinski definition) is 1. The average molecular weight is 217 g/mol. The largest absolute Gasteiger partial charge is 0.328 e. The maximum Gasteiger partial charge on any atom is 0.328 e. The van der Waals surface area contributed by atoms with Gasteiger partial charge in [-0.3, -0.25) is 9.13 Å². The van der Waals surface area contributed by atoms with Gasteiger partial charge >= 0.3 is 5.69 Å². The van der Waals surface area contributed by atoms with Gasteiger partial charge in [0.25, 0.3) is 0 Å². The maximum absolute atomic E-state index is 11.7. The van der Waals surface area contributed by atoms with Crippen molar-refractivity contribution in [1.82, 2.24) is 9.13 Å². The highest BCUT2D eigenvalue weighted by Gasteiger charge is 2.05. The lowest BCUT2D eigenvalue weighted by atomic mass is 10.2. The van der Waals surface area contributed by atoms with Crippen molar-refractivity contribution in [2.45, 2.75) is 33.4 Å².